The number of hydrogen-bond acceptors (Lipinski definition) is 10. The Bertz CT molecular complexity index is 1050. The topological polar surface area (TPSA) is 188 Å². The Kier molecular flexibility index (Phi) is 6.92. The van der Waals surface area contributed by atoms with Gasteiger partial charge in [0.2, 0.25) is 0 Å². The van der Waals surface area contributed by atoms with Gasteiger partial charge in [0.25, 0.3) is 0 Å². The van der Waals surface area contributed by atoms with Gasteiger partial charge in [0.1, 0.15) is 29.0 Å². The number of rotatable bonds is 4. The van der Waals surface area contributed by atoms with Crippen molar-refractivity contribution >= 4 is 5.97 Å². The van der Waals surface area contributed by atoms with E-state index >= 15 is 0 Å². The van der Waals surface area contributed by atoms with Crippen molar-refractivity contribution in [1.82, 2.24) is 0 Å². The van der Waals surface area contributed by atoms with Crippen molar-refractivity contribution < 1.29 is 50.4 Å². The first kappa shape index (κ1) is 28.1. The summed E-state index contributed by atoms with van der Waals surface area (Å²) in [4.78, 5) is 13.2. The fraction of sp³-hybridized carbons (Fsp3) is 0.667. The summed E-state index contributed by atoms with van der Waals surface area (Å²) in [5.41, 5.74) is -9.29. The van der Waals surface area contributed by atoms with Crippen LogP contribution in [0.15, 0.2) is 42.5 Å². The fourth-order valence-corrected chi connectivity index (χ4v) is 7.27. The Morgan fingerprint density at radius 2 is 1.62 bits per heavy atom. The number of fused-ring (bicyclic) bond motifs is 3. The van der Waals surface area contributed by atoms with E-state index in [-0.39, 0.29) is 24.0 Å². The average molecular weight is 523 g/mol. The molecule has 0 bridgehead atoms. The number of hydrogen-bond donors (Lipinski definition) is 8. The minimum atomic E-state index is -2.86. The molecule has 1 aromatic carbocycles. The molecule has 3 fully saturated rings. The number of aliphatic hydroxyl groups excluding tert-OH is 4. The molecule has 0 amide bonds. The van der Waals surface area contributed by atoms with E-state index in [4.69, 9.17) is 4.74 Å². The van der Waals surface area contributed by atoms with Gasteiger partial charge in [-0.1, -0.05) is 38.6 Å². The lowest BCUT2D eigenvalue weighted by molar-refractivity contribution is -0.265. The normalized spacial score (nSPS) is 49.5. The van der Waals surface area contributed by atoms with Gasteiger partial charge in [-0.3, -0.25) is 0 Å². The predicted octanol–water partition coefficient (Wildman–Crippen LogP) is -0.887. The summed E-state index contributed by atoms with van der Waals surface area (Å²) in [6, 6.07) is 7.84. The van der Waals surface area contributed by atoms with Crippen molar-refractivity contribution in [2.75, 3.05) is 6.61 Å². The van der Waals surface area contributed by atoms with Gasteiger partial charge in [-0.15, -0.1) is 0 Å². The maximum absolute atomic E-state index is 13.2. The van der Waals surface area contributed by atoms with Crippen molar-refractivity contribution in [3.63, 3.8) is 0 Å². The monoisotopic (exact) mass is 522 g/mol. The van der Waals surface area contributed by atoms with Crippen LogP contribution in [0.4, 0.5) is 0 Å². The van der Waals surface area contributed by atoms with Gasteiger partial charge in [-0.25, -0.2) is 4.79 Å². The largest absolute Gasteiger partial charge is 0.455 e. The first-order chi connectivity index (χ1) is 17.1. The highest BCUT2D eigenvalue weighted by atomic mass is 16.6. The fourth-order valence-electron chi connectivity index (χ4n) is 7.27. The number of ether oxygens (including phenoxy) is 1. The van der Waals surface area contributed by atoms with Gasteiger partial charge >= 0.3 is 5.97 Å². The summed E-state index contributed by atoms with van der Waals surface area (Å²) in [5, 5.41) is 91.5. The third kappa shape index (κ3) is 3.65. The molecule has 12 unspecified atom stereocenters. The zero-order chi connectivity index (χ0) is 27.7. The van der Waals surface area contributed by atoms with Crippen molar-refractivity contribution in [3.8, 4) is 0 Å². The lowest BCUT2D eigenvalue weighted by Gasteiger charge is -2.58. The molecule has 206 valence electrons. The summed E-state index contributed by atoms with van der Waals surface area (Å²) in [6.45, 7) is 7.23. The number of esters is 1. The molecule has 3 aliphatic rings. The van der Waals surface area contributed by atoms with Crippen LogP contribution in [0.1, 0.15) is 44.0 Å². The molecule has 0 aromatic heterocycles. The third-order valence-electron chi connectivity index (χ3n) is 9.47. The minimum absolute atomic E-state index is 0.0227. The van der Waals surface area contributed by atoms with Crippen molar-refractivity contribution in [3.05, 3.63) is 48.0 Å². The summed E-state index contributed by atoms with van der Waals surface area (Å²) < 4.78 is 5.78. The Balaban J connectivity index is 1.96. The molecule has 8 N–H and O–H groups in total. The molecular formula is C27H38O10. The van der Waals surface area contributed by atoms with Crippen molar-refractivity contribution in [1.29, 1.82) is 0 Å². The highest BCUT2D eigenvalue weighted by molar-refractivity contribution is 5.89. The molecule has 37 heavy (non-hydrogen) atoms. The molecule has 12 atom stereocenters. The Morgan fingerprint density at radius 1 is 1.03 bits per heavy atom. The average Bonchev–Trinajstić information content (AvgIpc) is 3.09. The zero-order valence-corrected chi connectivity index (χ0v) is 21.2. The van der Waals surface area contributed by atoms with E-state index in [0.717, 1.165) is 0 Å². The van der Waals surface area contributed by atoms with Crippen molar-refractivity contribution in [2.45, 2.75) is 80.4 Å². The maximum atomic E-state index is 13.2. The van der Waals surface area contributed by atoms with E-state index in [2.05, 4.69) is 6.58 Å². The van der Waals surface area contributed by atoms with E-state index in [1.165, 1.54) is 19.1 Å². The predicted molar refractivity (Wildman–Crippen MR) is 130 cm³/mol. The number of carbonyl (C=O) groups excluding carboxylic acids is 1. The van der Waals surface area contributed by atoms with Gasteiger partial charge in [-0.2, -0.15) is 0 Å². The van der Waals surface area contributed by atoms with Gasteiger partial charge in [0.15, 0.2) is 0 Å². The van der Waals surface area contributed by atoms with Crippen LogP contribution in [0, 0.1) is 23.7 Å². The van der Waals surface area contributed by atoms with E-state index in [0.29, 0.717) is 0 Å². The lowest BCUT2D eigenvalue weighted by Crippen LogP contribution is -2.72. The number of benzene rings is 1. The molecule has 0 spiro atoms. The smallest absolute Gasteiger partial charge is 0.338 e. The van der Waals surface area contributed by atoms with Gasteiger partial charge < -0.3 is 45.6 Å². The molecule has 3 saturated carbocycles. The maximum Gasteiger partial charge on any atom is 0.338 e. The summed E-state index contributed by atoms with van der Waals surface area (Å²) in [6.07, 6.45) is -8.08. The van der Waals surface area contributed by atoms with E-state index in [1.54, 1.807) is 32.0 Å². The van der Waals surface area contributed by atoms with Crippen LogP contribution in [0.2, 0.25) is 0 Å². The Labute approximate surface area is 215 Å². The van der Waals surface area contributed by atoms with E-state index in [1.807, 2.05) is 0 Å². The van der Waals surface area contributed by atoms with Crippen LogP contribution in [-0.4, -0.2) is 100 Å². The van der Waals surface area contributed by atoms with Crippen LogP contribution in [0.5, 0.6) is 0 Å². The molecule has 3 aliphatic carbocycles. The zero-order valence-electron chi connectivity index (χ0n) is 21.2. The second-order valence-corrected chi connectivity index (χ2v) is 11.5. The Hall–Kier alpha value is -1.89. The first-order valence-electron chi connectivity index (χ1n) is 12.6. The highest BCUT2D eigenvalue weighted by Gasteiger charge is 2.78. The molecule has 0 aliphatic heterocycles. The third-order valence-corrected chi connectivity index (χ3v) is 9.47. The van der Waals surface area contributed by atoms with Crippen LogP contribution < -0.4 is 0 Å². The molecule has 0 heterocycles. The van der Waals surface area contributed by atoms with E-state index in [9.17, 15) is 45.6 Å². The highest BCUT2D eigenvalue weighted by Crippen LogP contribution is 2.62. The van der Waals surface area contributed by atoms with Crippen LogP contribution in [0.3, 0.4) is 0 Å². The molecule has 10 nitrogen and oxygen atoms in total. The Morgan fingerprint density at radius 3 is 2.16 bits per heavy atom. The molecule has 4 rings (SSSR count). The number of aliphatic hydroxyl groups is 8. The molecule has 10 heteroatoms. The lowest BCUT2D eigenvalue weighted by atomic mass is 9.53. The van der Waals surface area contributed by atoms with Crippen LogP contribution >= 0.6 is 0 Å². The summed E-state index contributed by atoms with van der Waals surface area (Å²) >= 11 is 0. The standard InChI is InChI=1S/C27H38O10/c1-13(2)24(33)11-15(4)26(35)17-10-14(3)19(29)27(17,36)23(32)25(34,12-28)20(30)18(26)21(24)37-22(31)16-8-6-5-7-9-16/h5-9,14-15,17-21,23,28-30,32-36H,1,10-12H2,2-4H3. The molecular weight excluding hydrogens is 484 g/mol. The molecule has 1 aromatic rings. The van der Waals surface area contributed by atoms with Gasteiger partial charge in [0.05, 0.1) is 35.9 Å². The second kappa shape index (κ2) is 9.10. The van der Waals surface area contributed by atoms with Crippen LogP contribution in [-0.2, 0) is 4.74 Å². The summed E-state index contributed by atoms with van der Waals surface area (Å²) in [7, 11) is 0. The number of carbonyl (C=O) groups is 1. The quantitative estimate of drug-likeness (QED) is 0.182. The minimum Gasteiger partial charge on any atom is -0.455 e. The van der Waals surface area contributed by atoms with Crippen LogP contribution in [0.25, 0.3) is 0 Å². The first-order valence-corrected chi connectivity index (χ1v) is 12.6. The molecule has 0 saturated heterocycles. The second-order valence-electron chi connectivity index (χ2n) is 11.5. The molecule has 0 radical (unpaired) electrons. The van der Waals surface area contributed by atoms with Crippen molar-refractivity contribution in [2.24, 2.45) is 23.7 Å². The van der Waals surface area contributed by atoms with Gasteiger partial charge in [0, 0.05) is 5.92 Å². The SMILES string of the molecule is C=C(C)C1(O)CC(C)C2(O)C(C1OC(=O)c1ccccc1)C(O)C(O)(CO)C(O)C1(O)C(O)C(C)CC21. The summed E-state index contributed by atoms with van der Waals surface area (Å²) in [5.74, 6) is -5.49. The van der Waals surface area contributed by atoms with Gasteiger partial charge in [-0.05, 0) is 49.3 Å². The van der Waals surface area contributed by atoms with E-state index < -0.39 is 83.1 Å².